The van der Waals surface area contributed by atoms with Crippen molar-refractivity contribution in [1.82, 2.24) is 10.0 Å². The molecule has 1 heterocycles. The fourth-order valence-electron chi connectivity index (χ4n) is 1.94. The molecular weight excluding hydrogens is 252 g/mol. The highest BCUT2D eigenvalue weighted by Crippen LogP contribution is 2.13. The molecule has 6 heteroatoms. The number of rotatable bonds is 7. The van der Waals surface area contributed by atoms with Crippen LogP contribution in [0.3, 0.4) is 0 Å². The van der Waals surface area contributed by atoms with Crippen molar-refractivity contribution < 1.29 is 13.2 Å². The van der Waals surface area contributed by atoms with E-state index in [1.807, 2.05) is 13.8 Å². The van der Waals surface area contributed by atoms with Gasteiger partial charge in [-0.05, 0) is 46.1 Å². The van der Waals surface area contributed by atoms with Gasteiger partial charge in [-0.25, -0.2) is 13.1 Å². The van der Waals surface area contributed by atoms with Crippen LogP contribution in [0, 0.1) is 5.92 Å². The van der Waals surface area contributed by atoms with Gasteiger partial charge in [-0.3, -0.25) is 0 Å². The Balaban J connectivity index is 2.20. The SMILES string of the molecule is CC1CCC(CNS(=O)(=O)CCOC(C)C)CN1. The maximum Gasteiger partial charge on any atom is 0.213 e. The van der Waals surface area contributed by atoms with Crippen LogP contribution in [0.15, 0.2) is 0 Å². The van der Waals surface area contributed by atoms with Gasteiger partial charge in [0.2, 0.25) is 10.0 Å². The Kier molecular flexibility index (Phi) is 6.55. The van der Waals surface area contributed by atoms with Gasteiger partial charge in [0.1, 0.15) is 0 Å². The summed E-state index contributed by atoms with van der Waals surface area (Å²) >= 11 is 0. The van der Waals surface area contributed by atoms with Crippen molar-refractivity contribution in [2.75, 3.05) is 25.4 Å². The highest BCUT2D eigenvalue weighted by atomic mass is 32.2. The topological polar surface area (TPSA) is 67.4 Å². The molecule has 0 saturated carbocycles. The lowest BCUT2D eigenvalue weighted by Gasteiger charge is -2.27. The monoisotopic (exact) mass is 278 g/mol. The average Bonchev–Trinajstić information content (AvgIpc) is 2.27. The molecule has 0 aromatic rings. The largest absolute Gasteiger partial charge is 0.378 e. The number of piperidine rings is 1. The first-order chi connectivity index (χ1) is 8.39. The van der Waals surface area contributed by atoms with Gasteiger partial charge in [-0.2, -0.15) is 0 Å². The van der Waals surface area contributed by atoms with E-state index in [1.165, 1.54) is 0 Å². The minimum absolute atomic E-state index is 0.0434. The fourth-order valence-corrected chi connectivity index (χ4v) is 2.89. The number of hydrogen-bond donors (Lipinski definition) is 2. The lowest BCUT2D eigenvalue weighted by atomic mass is 9.96. The summed E-state index contributed by atoms with van der Waals surface area (Å²) in [4.78, 5) is 0. The number of nitrogens with one attached hydrogen (secondary N) is 2. The average molecular weight is 278 g/mol. The lowest BCUT2D eigenvalue weighted by molar-refractivity contribution is 0.0911. The first-order valence-corrected chi connectivity index (χ1v) is 8.36. The molecule has 0 amide bonds. The molecule has 2 atom stereocenters. The molecule has 18 heavy (non-hydrogen) atoms. The van der Waals surface area contributed by atoms with E-state index < -0.39 is 10.0 Å². The summed E-state index contributed by atoms with van der Waals surface area (Å²) in [6.07, 6.45) is 2.27. The van der Waals surface area contributed by atoms with Gasteiger partial charge < -0.3 is 10.1 Å². The highest BCUT2D eigenvalue weighted by Gasteiger charge is 2.19. The quantitative estimate of drug-likeness (QED) is 0.720. The van der Waals surface area contributed by atoms with Gasteiger partial charge in [-0.15, -0.1) is 0 Å². The summed E-state index contributed by atoms with van der Waals surface area (Å²) in [5, 5.41) is 3.37. The number of ether oxygens (including phenoxy) is 1. The van der Waals surface area contributed by atoms with Crippen molar-refractivity contribution in [2.45, 2.75) is 45.8 Å². The van der Waals surface area contributed by atoms with Crippen molar-refractivity contribution in [3.05, 3.63) is 0 Å². The van der Waals surface area contributed by atoms with Crippen LogP contribution >= 0.6 is 0 Å². The minimum Gasteiger partial charge on any atom is -0.378 e. The second-order valence-electron chi connectivity index (χ2n) is 5.34. The Morgan fingerprint density at radius 1 is 1.39 bits per heavy atom. The molecule has 0 bridgehead atoms. The summed E-state index contributed by atoms with van der Waals surface area (Å²) in [7, 11) is -3.19. The molecule has 1 saturated heterocycles. The Bertz CT molecular complexity index is 322. The summed E-state index contributed by atoms with van der Waals surface area (Å²) < 4.78 is 31.3. The first kappa shape index (κ1) is 15.9. The van der Waals surface area contributed by atoms with Crippen molar-refractivity contribution in [2.24, 2.45) is 5.92 Å². The fraction of sp³-hybridized carbons (Fsp3) is 1.00. The highest BCUT2D eigenvalue weighted by molar-refractivity contribution is 7.89. The maximum atomic E-state index is 11.7. The molecule has 1 aliphatic heterocycles. The molecule has 0 aromatic carbocycles. The van der Waals surface area contributed by atoms with Crippen molar-refractivity contribution in [3.8, 4) is 0 Å². The molecule has 2 unspecified atom stereocenters. The van der Waals surface area contributed by atoms with Crippen LogP contribution < -0.4 is 10.0 Å². The van der Waals surface area contributed by atoms with Gasteiger partial charge in [0, 0.05) is 12.6 Å². The molecular formula is C12H26N2O3S. The minimum atomic E-state index is -3.19. The Morgan fingerprint density at radius 3 is 2.67 bits per heavy atom. The molecule has 0 radical (unpaired) electrons. The summed E-state index contributed by atoms with van der Waals surface area (Å²) in [6.45, 7) is 7.64. The summed E-state index contributed by atoms with van der Waals surface area (Å²) in [5.74, 6) is 0.448. The lowest BCUT2D eigenvalue weighted by Crippen LogP contribution is -2.42. The van der Waals surface area contributed by atoms with Crippen molar-refractivity contribution in [3.63, 3.8) is 0 Å². The predicted octanol–water partition coefficient (Wildman–Crippen LogP) is 0.719. The third-order valence-electron chi connectivity index (χ3n) is 3.16. The van der Waals surface area contributed by atoms with E-state index in [0.717, 1.165) is 19.4 Å². The first-order valence-electron chi connectivity index (χ1n) is 6.71. The number of sulfonamides is 1. The zero-order chi connectivity index (χ0) is 13.6. The number of hydrogen-bond acceptors (Lipinski definition) is 4. The van der Waals surface area contributed by atoms with E-state index in [9.17, 15) is 8.42 Å². The van der Waals surface area contributed by atoms with Crippen LogP contribution in [0.5, 0.6) is 0 Å². The Morgan fingerprint density at radius 2 is 2.11 bits per heavy atom. The Labute approximate surface area is 111 Å². The molecule has 0 spiro atoms. The molecule has 108 valence electrons. The van der Waals surface area contributed by atoms with E-state index in [-0.39, 0.29) is 18.5 Å². The third kappa shape index (κ3) is 6.68. The van der Waals surface area contributed by atoms with Crippen LogP contribution in [-0.4, -0.2) is 46.0 Å². The second kappa shape index (κ2) is 7.43. The summed E-state index contributed by atoms with van der Waals surface area (Å²) in [6, 6.07) is 0.553. The van der Waals surface area contributed by atoms with Gasteiger partial charge in [0.15, 0.2) is 0 Å². The van der Waals surface area contributed by atoms with Gasteiger partial charge >= 0.3 is 0 Å². The molecule has 5 nitrogen and oxygen atoms in total. The van der Waals surface area contributed by atoms with Crippen LogP contribution in [-0.2, 0) is 14.8 Å². The smallest absolute Gasteiger partial charge is 0.213 e. The summed E-state index contributed by atoms with van der Waals surface area (Å²) in [5.41, 5.74) is 0. The maximum absolute atomic E-state index is 11.7. The molecule has 2 N–H and O–H groups in total. The van der Waals surface area contributed by atoms with E-state index in [2.05, 4.69) is 17.0 Å². The van der Waals surface area contributed by atoms with Crippen LogP contribution in [0.25, 0.3) is 0 Å². The zero-order valence-corrected chi connectivity index (χ0v) is 12.4. The van der Waals surface area contributed by atoms with Crippen LogP contribution in [0.4, 0.5) is 0 Å². The second-order valence-corrected chi connectivity index (χ2v) is 7.27. The van der Waals surface area contributed by atoms with Gasteiger partial charge in [-0.1, -0.05) is 0 Å². The van der Waals surface area contributed by atoms with Crippen molar-refractivity contribution in [1.29, 1.82) is 0 Å². The molecule has 1 rings (SSSR count). The third-order valence-corrected chi connectivity index (χ3v) is 4.47. The van der Waals surface area contributed by atoms with E-state index >= 15 is 0 Å². The van der Waals surface area contributed by atoms with Gasteiger partial charge in [0.05, 0.1) is 18.5 Å². The normalized spacial score (nSPS) is 25.6. The predicted molar refractivity (Wildman–Crippen MR) is 73.1 cm³/mol. The molecule has 0 aliphatic carbocycles. The van der Waals surface area contributed by atoms with Crippen LogP contribution in [0.1, 0.15) is 33.6 Å². The zero-order valence-electron chi connectivity index (χ0n) is 11.6. The van der Waals surface area contributed by atoms with E-state index in [4.69, 9.17) is 4.74 Å². The van der Waals surface area contributed by atoms with E-state index in [1.54, 1.807) is 0 Å². The standard InChI is InChI=1S/C12H26N2O3S/c1-10(2)17-6-7-18(15,16)14-9-12-5-4-11(3)13-8-12/h10-14H,4-9H2,1-3H3. The van der Waals surface area contributed by atoms with Crippen LogP contribution in [0.2, 0.25) is 0 Å². The van der Waals surface area contributed by atoms with Crippen molar-refractivity contribution >= 4 is 10.0 Å². The van der Waals surface area contributed by atoms with E-state index in [0.29, 0.717) is 18.5 Å². The Hall–Kier alpha value is -0.170. The molecule has 1 fully saturated rings. The molecule has 1 aliphatic rings. The molecule has 0 aromatic heterocycles. The van der Waals surface area contributed by atoms with Gasteiger partial charge in [0.25, 0.3) is 0 Å².